The SMILES string of the molecule is CS(=O)(=O)Nc1ccccc1-c1ccc2nc(-c3cccc(Cl)c3)[nH]c2c1. The molecule has 0 fully saturated rings. The van der Waals surface area contributed by atoms with E-state index in [0.29, 0.717) is 10.7 Å². The van der Waals surface area contributed by atoms with Crippen molar-refractivity contribution < 1.29 is 8.42 Å². The van der Waals surface area contributed by atoms with Crippen LogP contribution in [0, 0.1) is 0 Å². The normalized spacial score (nSPS) is 11.6. The molecule has 0 saturated carbocycles. The summed E-state index contributed by atoms with van der Waals surface area (Å²) in [7, 11) is -3.37. The van der Waals surface area contributed by atoms with Crippen molar-refractivity contribution in [1.29, 1.82) is 0 Å². The molecule has 136 valence electrons. The zero-order valence-corrected chi connectivity index (χ0v) is 16.0. The molecule has 0 bridgehead atoms. The van der Waals surface area contributed by atoms with Crippen LogP contribution in [0.2, 0.25) is 5.02 Å². The van der Waals surface area contributed by atoms with Crippen LogP contribution in [0.1, 0.15) is 0 Å². The predicted molar refractivity (Wildman–Crippen MR) is 110 cm³/mol. The molecule has 1 heterocycles. The lowest BCUT2D eigenvalue weighted by Gasteiger charge is -2.10. The molecular weight excluding hydrogens is 382 g/mol. The summed E-state index contributed by atoms with van der Waals surface area (Å²) in [6.45, 7) is 0. The molecule has 0 amide bonds. The Balaban J connectivity index is 1.79. The monoisotopic (exact) mass is 397 g/mol. The average molecular weight is 398 g/mol. The summed E-state index contributed by atoms with van der Waals surface area (Å²) in [6.07, 6.45) is 1.14. The van der Waals surface area contributed by atoms with Gasteiger partial charge in [-0.15, -0.1) is 0 Å². The number of sulfonamides is 1. The van der Waals surface area contributed by atoms with E-state index in [2.05, 4.69) is 14.7 Å². The lowest BCUT2D eigenvalue weighted by Crippen LogP contribution is -2.10. The fraction of sp³-hybridized carbons (Fsp3) is 0.0500. The fourth-order valence-corrected chi connectivity index (χ4v) is 3.74. The van der Waals surface area contributed by atoms with Gasteiger partial charge in [0.2, 0.25) is 10.0 Å². The van der Waals surface area contributed by atoms with Gasteiger partial charge < -0.3 is 4.98 Å². The van der Waals surface area contributed by atoms with Gasteiger partial charge in [0.25, 0.3) is 0 Å². The number of aromatic amines is 1. The third-order valence-corrected chi connectivity index (χ3v) is 4.94. The summed E-state index contributed by atoms with van der Waals surface area (Å²) >= 11 is 6.07. The van der Waals surface area contributed by atoms with Crippen molar-refractivity contribution in [2.45, 2.75) is 0 Å². The quantitative estimate of drug-likeness (QED) is 0.513. The van der Waals surface area contributed by atoms with E-state index in [9.17, 15) is 8.42 Å². The highest BCUT2D eigenvalue weighted by Crippen LogP contribution is 2.31. The molecule has 0 radical (unpaired) electrons. The van der Waals surface area contributed by atoms with Crippen LogP contribution in [0.3, 0.4) is 0 Å². The zero-order valence-electron chi connectivity index (χ0n) is 14.4. The molecule has 0 spiro atoms. The number of hydrogen-bond donors (Lipinski definition) is 2. The van der Waals surface area contributed by atoms with Gasteiger partial charge in [-0.3, -0.25) is 4.72 Å². The Morgan fingerprint density at radius 3 is 2.56 bits per heavy atom. The summed E-state index contributed by atoms with van der Waals surface area (Å²) in [5, 5.41) is 0.648. The topological polar surface area (TPSA) is 74.8 Å². The molecule has 0 atom stereocenters. The fourth-order valence-electron chi connectivity index (χ4n) is 2.97. The highest BCUT2D eigenvalue weighted by molar-refractivity contribution is 7.92. The first kappa shape index (κ1) is 17.6. The molecule has 4 rings (SSSR count). The number of aromatic nitrogens is 2. The van der Waals surface area contributed by atoms with Gasteiger partial charge in [0, 0.05) is 16.1 Å². The van der Waals surface area contributed by atoms with Crippen LogP contribution in [0.4, 0.5) is 5.69 Å². The average Bonchev–Trinajstić information content (AvgIpc) is 3.04. The molecular formula is C20H16ClN3O2S. The van der Waals surface area contributed by atoms with Crippen LogP contribution in [0.25, 0.3) is 33.5 Å². The van der Waals surface area contributed by atoms with Gasteiger partial charge >= 0.3 is 0 Å². The molecule has 27 heavy (non-hydrogen) atoms. The van der Waals surface area contributed by atoms with Gasteiger partial charge in [-0.05, 0) is 35.9 Å². The highest BCUT2D eigenvalue weighted by atomic mass is 35.5. The van der Waals surface area contributed by atoms with Crippen LogP contribution in [0.15, 0.2) is 66.7 Å². The number of rotatable bonds is 4. The standard InChI is InChI=1S/C20H16ClN3O2S/c1-27(25,26)24-17-8-3-2-7-16(17)13-9-10-18-19(12-13)23-20(22-18)14-5-4-6-15(21)11-14/h2-12,24H,1H3,(H,22,23). The molecule has 1 aromatic heterocycles. The van der Waals surface area contributed by atoms with Crippen LogP contribution in [-0.2, 0) is 10.0 Å². The Bertz CT molecular complexity index is 1250. The molecule has 0 saturated heterocycles. The van der Waals surface area contributed by atoms with E-state index in [-0.39, 0.29) is 0 Å². The van der Waals surface area contributed by atoms with Gasteiger partial charge in [-0.2, -0.15) is 0 Å². The second kappa shape index (κ2) is 6.72. The Morgan fingerprint density at radius 1 is 0.963 bits per heavy atom. The summed E-state index contributed by atoms with van der Waals surface area (Å²) in [5.41, 5.74) is 4.80. The number of fused-ring (bicyclic) bond motifs is 1. The molecule has 0 aliphatic heterocycles. The van der Waals surface area contributed by atoms with Crippen molar-refractivity contribution in [3.63, 3.8) is 0 Å². The maximum atomic E-state index is 11.6. The molecule has 3 aromatic carbocycles. The van der Waals surface area contributed by atoms with Crippen molar-refractivity contribution in [2.75, 3.05) is 11.0 Å². The van der Waals surface area contributed by atoms with E-state index >= 15 is 0 Å². The molecule has 4 aromatic rings. The minimum atomic E-state index is -3.37. The number of nitrogens with zero attached hydrogens (tertiary/aromatic N) is 1. The lowest BCUT2D eigenvalue weighted by molar-refractivity contribution is 0.607. The van der Waals surface area contributed by atoms with Crippen LogP contribution in [-0.4, -0.2) is 24.6 Å². The number of para-hydroxylation sites is 1. The van der Waals surface area contributed by atoms with Crippen molar-refractivity contribution in [3.05, 3.63) is 71.8 Å². The predicted octanol–water partition coefficient (Wildman–Crippen LogP) is 4.92. The van der Waals surface area contributed by atoms with E-state index in [1.54, 1.807) is 12.1 Å². The molecule has 7 heteroatoms. The first-order valence-corrected chi connectivity index (χ1v) is 10.5. The summed E-state index contributed by atoms with van der Waals surface area (Å²) in [4.78, 5) is 7.92. The Hall–Kier alpha value is -2.83. The first-order valence-electron chi connectivity index (χ1n) is 8.22. The molecule has 0 aliphatic rings. The van der Waals surface area contributed by atoms with Crippen LogP contribution < -0.4 is 4.72 Å². The Kier molecular flexibility index (Phi) is 4.37. The smallest absolute Gasteiger partial charge is 0.229 e. The second-order valence-electron chi connectivity index (χ2n) is 6.25. The number of benzene rings is 3. The third-order valence-electron chi connectivity index (χ3n) is 4.11. The Labute approximate surface area is 162 Å². The summed E-state index contributed by atoms with van der Waals surface area (Å²) in [6, 6.07) is 20.6. The van der Waals surface area contributed by atoms with Gasteiger partial charge in [-0.25, -0.2) is 13.4 Å². The van der Waals surface area contributed by atoms with E-state index in [1.807, 2.05) is 54.6 Å². The van der Waals surface area contributed by atoms with Gasteiger partial charge in [0.05, 0.1) is 23.0 Å². The van der Waals surface area contributed by atoms with Gasteiger partial charge in [0.1, 0.15) is 5.82 Å². The minimum Gasteiger partial charge on any atom is -0.338 e. The van der Waals surface area contributed by atoms with E-state index < -0.39 is 10.0 Å². The van der Waals surface area contributed by atoms with Crippen molar-refractivity contribution >= 4 is 38.3 Å². The number of halogens is 1. The Morgan fingerprint density at radius 2 is 1.78 bits per heavy atom. The molecule has 0 unspecified atom stereocenters. The third kappa shape index (κ3) is 3.82. The van der Waals surface area contributed by atoms with Crippen LogP contribution >= 0.6 is 11.6 Å². The van der Waals surface area contributed by atoms with Crippen molar-refractivity contribution in [2.24, 2.45) is 0 Å². The van der Waals surface area contributed by atoms with Crippen molar-refractivity contribution in [1.82, 2.24) is 9.97 Å². The first-order chi connectivity index (χ1) is 12.9. The minimum absolute atomic E-state index is 0.536. The van der Waals surface area contributed by atoms with Crippen molar-refractivity contribution in [3.8, 4) is 22.5 Å². The lowest BCUT2D eigenvalue weighted by atomic mass is 10.0. The van der Waals surface area contributed by atoms with E-state index in [0.717, 1.165) is 39.8 Å². The number of imidazole rings is 1. The van der Waals surface area contributed by atoms with Gasteiger partial charge in [0.15, 0.2) is 0 Å². The molecule has 2 N–H and O–H groups in total. The number of anilines is 1. The summed E-state index contributed by atoms with van der Waals surface area (Å²) in [5.74, 6) is 0.729. The number of hydrogen-bond acceptors (Lipinski definition) is 3. The van der Waals surface area contributed by atoms with E-state index in [1.165, 1.54) is 0 Å². The second-order valence-corrected chi connectivity index (χ2v) is 8.43. The maximum Gasteiger partial charge on any atom is 0.229 e. The van der Waals surface area contributed by atoms with E-state index in [4.69, 9.17) is 11.6 Å². The summed E-state index contributed by atoms with van der Waals surface area (Å²) < 4.78 is 25.9. The maximum absolute atomic E-state index is 11.6. The number of nitrogens with one attached hydrogen (secondary N) is 2. The highest BCUT2D eigenvalue weighted by Gasteiger charge is 2.11. The largest absolute Gasteiger partial charge is 0.338 e. The van der Waals surface area contributed by atoms with Gasteiger partial charge in [-0.1, -0.05) is 48.0 Å². The zero-order chi connectivity index (χ0) is 19.0. The number of H-pyrrole nitrogens is 1. The molecule has 5 nitrogen and oxygen atoms in total. The van der Waals surface area contributed by atoms with Crippen LogP contribution in [0.5, 0.6) is 0 Å². The molecule has 0 aliphatic carbocycles.